The summed E-state index contributed by atoms with van der Waals surface area (Å²) in [7, 11) is 0. The Bertz CT molecular complexity index is 1390. The Labute approximate surface area is 249 Å². The minimum absolute atomic E-state index is 0.162. The highest BCUT2D eigenvalue weighted by molar-refractivity contribution is 8.14. The summed E-state index contributed by atoms with van der Waals surface area (Å²) >= 11 is 2.37. The number of aliphatic imine (C=N–C) groups is 1. The van der Waals surface area contributed by atoms with Gasteiger partial charge in [0.05, 0.1) is 5.69 Å². The fraction of sp³-hybridized carbons (Fsp3) is 0.357. The summed E-state index contributed by atoms with van der Waals surface area (Å²) in [6.07, 6.45) is -3.42. The number of amides is 1. The second-order valence-corrected chi connectivity index (χ2v) is 11.1. The molecule has 1 fully saturated rings. The van der Waals surface area contributed by atoms with E-state index in [4.69, 9.17) is 23.7 Å². The molecule has 0 N–H and O–H groups in total. The van der Waals surface area contributed by atoms with Crippen molar-refractivity contribution in [3.63, 3.8) is 0 Å². The second-order valence-electron chi connectivity index (χ2n) is 9.10. The normalized spacial score (nSPS) is 24.6. The number of carbonyl (C=O) groups excluding carboxylic acids is 5. The molecule has 0 radical (unpaired) electrons. The highest BCUT2D eigenvalue weighted by Gasteiger charge is 2.53. The number of nitrogens with zero attached hydrogens (tertiary/aromatic N) is 2. The van der Waals surface area contributed by atoms with Gasteiger partial charge in [0.1, 0.15) is 18.4 Å². The quantitative estimate of drug-likeness (QED) is 0.244. The molecule has 0 unspecified atom stereocenters. The zero-order chi connectivity index (χ0) is 30.4. The molecule has 42 heavy (non-hydrogen) atoms. The summed E-state index contributed by atoms with van der Waals surface area (Å²) < 4.78 is 27.9. The van der Waals surface area contributed by atoms with E-state index in [0.29, 0.717) is 5.69 Å². The van der Waals surface area contributed by atoms with Crippen molar-refractivity contribution in [3.05, 3.63) is 58.4 Å². The third-order valence-electron chi connectivity index (χ3n) is 5.84. The van der Waals surface area contributed by atoms with Crippen molar-refractivity contribution in [2.24, 2.45) is 4.99 Å². The molecule has 0 bridgehead atoms. The van der Waals surface area contributed by atoms with Crippen LogP contribution < -0.4 is 4.90 Å². The number of thioether (sulfide) groups is 1. The van der Waals surface area contributed by atoms with E-state index in [-0.39, 0.29) is 17.5 Å². The minimum atomic E-state index is -1.34. The molecule has 1 aromatic heterocycles. The molecule has 5 atom stereocenters. The number of carbonyl (C=O) groups is 5. The first kappa shape index (κ1) is 30.9. The summed E-state index contributed by atoms with van der Waals surface area (Å²) in [6.45, 7) is 4.28. The summed E-state index contributed by atoms with van der Waals surface area (Å²) in [6, 6.07) is 12.5. The van der Waals surface area contributed by atoms with Gasteiger partial charge in [-0.3, -0.25) is 28.9 Å². The van der Waals surface area contributed by atoms with E-state index >= 15 is 0 Å². The van der Waals surface area contributed by atoms with Crippen molar-refractivity contribution < 1.29 is 47.7 Å². The van der Waals surface area contributed by atoms with Gasteiger partial charge in [-0.2, -0.15) is 0 Å². The van der Waals surface area contributed by atoms with Gasteiger partial charge in [0, 0.05) is 32.6 Å². The Morgan fingerprint density at radius 3 is 2.14 bits per heavy atom. The van der Waals surface area contributed by atoms with E-state index in [9.17, 15) is 24.0 Å². The molecular weight excluding hydrogens is 588 g/mol. The van der Waals surface area contributed by atoms with Gasteiger partial charge in [-0.05, 0) is 29.7 Å². The van der Waals surface area contributed by atoms with Crippen molar-refractivity contribution in [1.29, 1.82) is 0 Å². The van der Waals surface area contributed by atoms with E-state index in [1.54, 1.807) is 36.4 Å². The molecule has 0 saturated carbocycles. The first-order valence-corrected chi connectivity index (χ1v) is 14.5. The number of hydrogen-bond donors (Lipinski definition) is 0. The lowest BCUT2D eigenvalue weighted by molar-refractivity contribution is -0.237. The minimum Gasteiger partial charge on any atom is -0.463 e. The van der Waals surface area contributed by atoms with Crippen molar-refractivity contribution in [2.75, 3.05) is 11.5 Å². The zero-order valence-electron chi connectivity index (χ0n) is 23.1. The number of thiophene rings is 1. The van der Waals surface area contributed by atoms with Crippen LogP contribution >= 0.6 is 23.1 Å². The molecule has 2 aliphatic heterocycles. The fourth-order valence-electron chi connectivity index (χ4n) is 4.28. The first-order chi connectivity index (χ1) is 20.0. The molecule has 1 aromatic carbocycles. The fourth-order valence-corrected chi connectivity index (χ4v) is 6.12. The molecule has 12 nitrogen and oxygen atoms in total. The molecule has 222 valence electrons. The second kappa shape index (κ2) is 13.8. The standard InChI is InChI=1S/C28H28N2O10S2/c1-15(31)36-14-22-23(37-16(2)32)24(38-17(3)33)25(39-18(4)34)27(40-22)42-28-29-21(13-20-11-8-12-41-20)26(35)30(28)19-9-6-5-7-10-19/h5-13,22-25,27H,14H2,1-4H3/b21-13+/t22-,23-,24+,25+,27+/m0/s1. The van der Waals surface area contributed by atoms with E-state index in [2.05, 4.69) is 4.99 Å². The van der Waals surface area contributed by atoms with E-state index < -0.39 is 59.6 Å². The van der Waals surface area contributed by atoms with Crippen molar-refractivity contribution in [2.45, 2.75) is 57.5 Å². The Balaban J connectivity index is 1.77. The topological polar surface area (TPSA) is 147 Å². The van der Waals surface area contributed by atoms with Gasteiger partial charge < -0.3 is 23.7 Å². The van der Waals surface area contributed by atoms with Crippen LogP contribution in [-0.4, -0.2) is 71.4 Å². The van der Waals surface area contributed by atoms with Gasteiger partial charge in [0.15, 0.2) is 28.9 Å². The Morgan fingerprint density at radius 2 is 1.55 bits per heavy atom. The van der Waals surface area contributed by atoms with Gasteiger partial charge in [-0.25, -0.2) is 4.99 Å². The lowest BCUT2D eigenvalue weighted by atomic mass is 9.99. The van der Waals surface area contributed by atoms with Crippen molar-refractivity contribution in [1.82, 2.24) is 0 Å². The number of anilines is 1. The maximum atomic E-state index is 13.6. The van der Waals surface area contributed by atoms with Crippen LogP contribution in [0.15, 0.2) is 58.5 Å². The third-order valence-corrected chi connectivity index (χ3v) is 7.75. The van der Waals surface area contributed by atoms with Gasteiger partial charge in [0.2, 0.25) is 0 Å². The number of amidine groups is 1. The Morgan fingerprint density at radius 1 is 0.905 bits per heavy atom. The maximum absolute atomic E-state index is 13.6. The van der Waals surface area contributed by atoms with Crippen LogP contribution in [0.2, 0.25) is 0 Å². The van der Waals surface area contributed by atoms with Crippen LogP contribution in [-0.2, 0) is 47.7 Å². The Kier molecular flexibility index (Phi) is 10.1. The molecule has 2 aliphatic rings. The van der Waals surface area contributed by atoms with Gasteiger partial charge in [-0.1, -0.05) is 36.0 Å². The largest absolute Gasteiger partial charge is 0.463 e. The van der Waals surface area contributed by atoms with Crippen molar-refractivity contribution >= 4 is 69.8 Å². The summed E-state index contributed by atoms with van der Waals surface area (Å²) in [4.78, 5) is 68.4. The molecular formula is C28H28N2O10S2. The van der Waals surface area contributed by atoms with Crippen LogP contribution in [0.5, 0.6) is 0 Å². The molecule has 1 saturated heterocycles. The number of ether oxygens (including phenoxy) is 5. The number of benzene rings is 1. The lowest BCUT2D eigenvalue weighted by Gasteiger charge is -2.44. The van der Waals surface area contributed by atoms with E-state index in [1.807, 2.05) is 17.5 Å². The number of para-hydroxylation sites is 1. The van der Waals surface area contributed by atoms with E-state index in [1.165, 1.54) is 23.2 Å². The highest BCUT2D eigenvalue weighted by atomic mass is 32.2. The zero-order valence-corrected chi connectivity index (χ0v) is 24.7. The maximum Gasteiger partial charge on any atom is 0.303 e. The predicted octanol–water partition coefficient (Wildman–Crippen LogP) is 3.31. The Hall–Kier alpha value is -4.01. The summed E-state index contributed by atoms with van der Waals surface area (Å²) in [5.41, 5.74) is -0.465. The summed E-state index contributed by atoms with van der Waals surface area (Å²) in [5, 5.41) is 2.06. The number of hydrogen-bond acceptors (Lipinski definition) is 13. The lowest BCUT2D eigenvalue weighted by Crippen LogP contribution is -2.61. The predicted molar refractivity (Wildman–Crippen MR) is 153 cm³/mol. The van der Waals surface area contributed by atoms with E-state index in [0.717, 1.165) is 37.4 Å². The molecule has 14 heteroatoms. The SMILES string of the molecule is CC(=O)OC[C@@H]1O[C@H](SC2=N/C(=C/c3cccs3)C(=O)N2c2ccccc2)[C@H](OC(C)=O)[C@H](OC(C)=O)[C@H]1OC(C)=O. The van der Waals surface area contributed by atoms with Crippen LogP contribution in [0.4, 0.5) is 5.69 Å². The monoisotopic (exact) mass is 616 g/mol. The van der Waals surface area contributed by atoms with Gasteiger partial charge >= 0.3 is 23.9 Å². The average molecular weight is 617 g/mol. The third kappa shape index (κ3) is 7.63. The smallest absolute Gasteiger partial charge is 0.303 e. The molecule has 4 rings (SSSR count). The number of rotatable bonds is 8. The molecule has 0 aliphatic carbocycles. The van der Waals surface area contributed by atoms with Gasteiger partial charge in [0.25, 0.3) is 5.91 Å². The molecule has 3 heterocycles. The van der Waals surface area contributed by atoms with Crippen LogP contribution in [0, 0.1) is 0 Å². The highest BCUT2D eigenvalue weighted by Crippen LogP contribution is 2.38. The first-order valence-electron chi connectivity index (χ1n) is 12.7. The van der Waals surface area contributed by atoms with Crippen molar-refractivity contribution in [3.8, 4) is 0 Å². The van der Waals surface area contributed by atoms with Crippen LogP contribution in [0.3, 0.4) is 0 Å². The molecule has 1 amide bonds. The average Bonchev–Trinajstić information content (AvgIpc) is 3.54. The van der Waals surface area contributed by atoms with Crippen LogP contribution in [0.1, 0.15) is 32.6 Å². The molecule has 2 aromatic rings. The number of esters is 4. The van der Waals surface area contributed by atoms with Crippen LogP contribution in [0.25, 0.3) is 6.08 Å². The van der Waals surface area contributed by atoms with Gasteiger partial charge in [-0.15, -0.1) is 11.3 Å². The molecule has 0 spiro atoms. The summed E-state index contributed by atoms with van der Waals surface area (Å²) in [5.74, 6) is -3.23.